The Kier molecular flexibility index (Phi) is 82.1. The number of carbonyl (C=O) groups excluding carboxylic acids is 1. The predicted molar refractivity (Wildman–Crippen MR) is 36.1 cm³/mol. The number of terminal acetylenes is 2. The van der Waals surface area contributed by atoms with Gasteiger partial charge in [0.15, 0.2) is 0 Å². The molecule has 0 saturated carbocycles. The highest BCUT2D eigenvalue weighted by Crippen LogP contribution is 1.50. The van der Waals surface area contributed by atoms with E-state index >= 15 is 0 Å². The molecular formula is C7H10O. The normalized spacial score (nSPS) is 3.75. The van der Waals surface area contributed by atoms with Crippen molar-refractivity contribution in [2.75, 3.05) is 0 Å². The number of Topliss-reactive ketones (excluding diaryl/α,β-unsaturated/α-hetero) is 1. The molecule has 0 spiro atoms. The van der Waals surface area contributed by atoms with Gasteiger partial charge in [-0.3, -0.25) is 0 Å². The van der Waals surface area contributed by atoms with Gasteiger partial charge in [-0.15, -0.1) is 25.7 Å². The number of carbonyl (C=O) groups is 1. The van der Waals surface area contributed by atoms with Gasteiger partial charge in [0.05, 0.1) is 0 Å². The molecule has 0 saturated heterocycles. The molecule has 44 valence electrons. The highest BCUT2D eigenvalue weighted by Gasteiger charge is 1.62. The van der Waals surface area contributed by atoms with Crippen LogP contribution in [0.1, 0.15) is 13.8 Å². The van der Waals surface area contributed by atoms with Crippen molar-refractivity contribution in [1.29, 1.82) is 0 Å². The van der Waals surface area contributed by atoms with E-state index in [1.807, 2.05) is 0 Å². The molecule has 0 aromatic heterocycles. The van der Waals surface area contributed by atoms with Crippen molar-refractivity contribution >= 4 is 5.78 Å². The highest BCUT2D eigenvalue weighted by molar-refractivity contribution is 5.72. The Morgan fingerprint density at radius 1 is 1.00 bits per heavy atom. The monoisotopic (exact) mass is 110 g/mol. The highest BCUT2D eigenvalue weighted by atomic mass is 16.1. The average molecular weight is 110 g/mol. The predicted octanol–water partition coefficient (Wildman–Crippen LogP) is 1.09. The van der Waals surface area contributed by atoms with Crippen molar-refractivity contribution in [3.05, 3.63) is 0 Å². The lowest BCUT2D eigenvalue weighted by molar-refractivity contribution is -0.114. The zero-order chi connectivity index (χ0) is 7.58. The standard InChI is InChI=1S/C3H6O.2C2H2/c1-3(2)4;2*1-2/h1-2H3;2*1-2H. The summed E-state index contributed by atoms with van der Waals surface area (Å²) in [6.45, 7) is 3.06. The number of hydrogen-bond donors (Lipinski definition) is 0. The van der Waals surface area contributed by atoms with Crippen molar-refractivity contribution in [1.82, 2.24) is 0 Å². The summed E-state index contributed by atoms with van der Waals surface area (Å²) in [7, 11) is 0. The van der Waals surface area contributed by atoms with Crippen LogP contribution in [0.4, 0.5) is 0 Å². The summed E-state index contributed by atoms with van der Waals surface area (Å²) < 4.78 is 0. The third kappa shape index (κ3) is 47.0. The SMILES string of the molecule is C#C.C#C.CC(C)=O. The summed E-state index contributed by atoms with van der Waals surface area (Å²) in [5, 5.41) is 0. The van der Waals surface area contributed by atoms with Crippen molar-refractivity contribution in [3.8, 4) is 25.7 Å². The maximum absolute atomic E-state index is 9.44. The van der Waals surface area contributed by atoms with Gasteiger partial charge in [-0.25, -0.2) is 0 Å². The van der Waals surface area contributed by atoms with Gasteiger partial charge in [-0.2, -0.15) is 0 Å². The number of ketones is 1. The Hall–Kier alpha value is -1.21. The summed E-state index contributed by atoms with van der Waals surface area (Å²) in [5.41, 5.74) is 0. The summed E-state index contributed by atoms with van der Waals surface area (Å²) in [6.07, 6.45) is 16.0. The Balaban J connectivity index is -0.0000000542. The molecule has 0 atom stereocenters. The van der Waals surface area contributed by atoms with Crippen LogP contribution in [-0.2, 0) is 4.79 Å². The first-order chi connectivity index (χ1) is 3.73. The molecule has 0 aliphatic heterocycles. The first-order valence-electron chi connectivity index (χ1n) is 1.87. The summed E-state index contributed by atoms with van der Waals surface area (Å²) in [6, 6.07) is 0. The fourth-order valence-corrected chi connectivity index (χ4v) is 0. The first-order valence-corrected chi connectivity index (χ1v) is 1.87. The van der Waals surface area contributed by atoms with Crippen LogP contribution in [0.2, 0.25) is 0 Å². The third-order valence-electron chi connectivity index (χ3n) is 0. The van der Waals surface area contributed by atoms with Gasteiger partial charge < -0.3 is 4.79 Å². The van der Waals surface area contributed by atoms with Gasteiger partial charge in [0.2, 0.25) is 0 Å². The summed E-state index contributed by atoms with van der Waals surface area (Å²) in [5.74, 6) is 0.167. The Bertz CT molecular complexity index is 66.9. The molecule has 0 aliphatic rings. The van der Waals surface area contributed by atoms with Crippen molar-refractivity contribution < 1.29 is 4.79 Å². The zero-order valence-corrected chi connectivity index (χ0v) is 5.22. The summed E-state index contributed by atoms with van der Waals surface area (Å²) >= 11 is 0. The quantitative estimate of drug-likeness (QED) is 0.427. The van der Waals surface area contributed by atoms with E-state index in [4.69, 9.17) is 0 Å². The first kappa shape index (κ1) is 15.8. The second-order valence-corrected chi connectivity index (χ2v) is 0.908. The molecule has 0 radical (unpaired) electrons. The maximum atomic E-state index is 9.44. The molecule has 0 aromatic carbocycles. The van der Waals surface area contributed by atoms with E-state index < -0.39 is 0 Å². The minimum Gasteiger partial charge on any atom is -0.300 e. The van der Waals surface area contributed by atoms with Crippen LogP contribution in [0, 0.1) is 25.7 Å². The van der Waals surface area contributed by atoms with Gasteiger partial charge in [0.25, 0.3) is 0 Å². The van der Waals surface area contributed by atoms with E-state index in [0.717, 1.165) is 0 Å². The molecular weight excluding hydrogens is 100 g/mol. The minimum absolute atomic E-state index is 0.167. The van der Waals surface area contributed by atoms with Gasteiger partial charge in [-0.05, 0) is 13.8 Å². The van der Waals surface area contributed by atoms with Crippen LogP contribution in [-0.4, -0.2) is 5.78 Å². The van der Waals surface area contributed by atoms with E-state index in [9.17, 15) is 4.79 Å². The smallest absolute Gasteiger partial charge is 0.126 e. The van der Waals surface area contributed by atoms with Crippen LogP contribution in [0.5, 0.6) is 0 Å². The topological polar surface area (TPSA) is 17.1 Å². The van der Waals surface area contributed by atoms with Gasteiger partial charge in [0, 0.05) is 0 Å². The fraction of sp³-hybridized carbons (Fsp3) is 0.286. The third-order valence-corrected chi connectivity index (χ3v) is 0. The largest absolute Gasteiger partial charge is 0.300 e. The average Bonchev–Trinajstić information content (AvgIpc) is 1.75. The second-order valence-electron chi connectivity index (χ2n) is 0.908. The molecule has 0 bridgehead atoms. The van der Waals surface area contributed by atoms with Crippen LogP contribution >= 0.6 is 0 Å². The zero-order valence-electron chi connectivity index (χ0n) is 5.22. The van der Waals surface area contributed by atoms with Crippen LogP contribution in [0.15, 0.2) is 0 Å². The summed E-state index contributed by atoms with van der Waals surface area (Å²) in [4.78, 5) is 9.44. The van der Waals surface area contributed by atoms with Crippen LogP contribution in [0.25, 0.3) is 0 Å². The van der Waals surface area contributed by atoms with E-state index in [-0.39, 0.29) is 5.78 Å². The van der Waals surface area contributed by atoms with Crippen LogP contribution in [0.3, 0.4) is 0 Å². The Morgan fingerprint density at radius 2 is 1.00 bits per heavy atom. The van der Waals surface area contributed by atoms with Crippen molar-refractivity contribution in [2.24, 2.45) is 0 Å². The Labute approximate surface area is 51.1 Å². The molecule has 0 heterocycles. The van der Waals surface area contributed by atoms with Gasteiger partial charge >= 0.3 is 0 Å². The lowest BCUT2D eigenvalue weighted by Crippen LogP contribution is -1.69. The molecule has 0 amide bonds. The van der Waals surface area contributed by atoms with Crippen molar-refractivity contribution in [3.63, 3.8) is 0 Å². The van der Waals surface area contributed by atoms with Crippen LogP contribution < -0.4 is 0 Å². The van der Waals surface area contributed by atoms with E-state index in [1.54, 1.807) is 0 Å². The lowest BCUT2D eigenvalue weighted by atomic mass is 10.6. The molecule has 0 rings (SSSR count). The second kappa shape index (κ2) is 41.5. The van der Waals surface area contributed by atoms with Gasteiger partial charge in [0.1, 0.15) is 5.78 Å². The Morgan fingerprint density at radius 3 is 1.00 bits per heavy atom. The molecule has 8 heavy (non-hydrogen) atoms. The maximum Gasteiger partial charge on any atom is 0.126 e. The molecule has 0 unspecified atom stereocenters. The van der Waals surface area contributed by atoms with E-state index in [1.165, 1.54) is 13.8 Å². The molecule has 0 fully saturated rings. The number of rotatable bonds is 0. The molecule has 0 aliphatic carbocycles. The molecule has 0 aromatic rings. The molecule has 1 heteroatoms. The fourth-order valence-electron chi connectivity index (χ4n) is 0. The van der Waals surface area contributed by atoms with E-state index in [0.29, 0.717) is 0 Å². The minimum atomic E-state index is 0.167. The van der Waals surface area contributed by atoms with E-state index in [2.05, 4.69) is 25.7 Å². The van der Waals surface area contributed by atoms with Crippen molar-refractivity contribution in [2.45, 2.75) is 13.8 Å². The number of hydrogen-bond acceptors (Lipinski definition) is 1. The van der Waals surface area contributed by atoms with Gasteiger partial charge in [-0.1, -0.05) is 0 Å². The lowest BCUT2D eigenvalue weighted by Gasteiger charge is -1.56. The molecule has 0 N–H and O–H groups in total. The molecule has 1 nitrogen and oxygen atoms in total.